The van der Waals surface area contributed by atoms with Gasteiger partial charge in [-0.3, -0.25) is 4.79 Å². The molecule has 0 unspecified atom stereocenters. The number of amides is 1. The summed E-state index contributed by atoms with van der Waals surface area (Å²) in [6.07, 6.45) is 3.29. The summed E-state index contributed by atoms with van der Waals surface area (Å²) >= 11 is 6.05. The molecule has 0 fully saturated rings. The Hall–Kier alpha value is -2.59. The Morgan fingerprint density at radius 3 is 2.26 bits per heavy atom. The lowest BCUT2D eigenvalue weighted by Gasteiger charge is -2.19. The highest BCUT2D eigenvalue weighted by Gasteiger charge is 2.17. The summed E-state index contributed by atoms with van der Waals surface area (Å²) in [4.78, 5) is 12.9. The van der Waals surface area contributed by atoms with E-state index in [1.54, 1.807) is 29.2 Å². The van der Waals surface area contributed by atoms with Gasteiger partial charge in [-0.05, 0) is 41.2 Å². The number of hydrogen-bond donors (Lipinski definition) is 1. The van der Waals surface area contributed by atoms with Crippen molar-refractivity contribution < 1.29 is 4.79 Å². The van der Waals surface area contributed by atoms with Gasteiger partial charge in [-0.25, -0.2) is 4.68 Å². The molecule has 0 saturated heterocycles. The normalized spacial score (nSPS) is 11.2. The van der Waals surface area contributed by atoms with Crippen LogP contribution in [0.2, 0.25) is 5.02 Å². The Morgan fingerprint density at radius 2 is 1.67 bits per heavy atom. The topological polar surface area (TPSA) is 46.9 Å². The molecule has 140 valence electrons. The third-order valence-corrected chi connectivity index (χ3v) is 4.76. The summed E-state index contributed by atoms with van der Waals surface area (Å²) < 4.78 is 1.65. The van der Waals surface area contributed by atoms with Crippen LogP contribution in [0.5, 0.6) is 0 Å². The van der Waals surface area contributed by atoms with E-state index in [0.717, 1.165) is 22.5 Å². The monoisotopic (exact) mass is 381 g/mol. The summed E-state index contributed by atoms with van der Waals surface area (Å²) in [6.45, 7) is 8.52. The van der Waals surface area contributed by atoms with Crippen LogP contribution < -0.4 is 5.32 Å². The van der Waals surface area contributed by atoms with Crippen LogP contribution in [0.3, 0.4) is 0 Å². The zero-order valence-corrected chi connectivity index (χ0v) is 16.8. The van der Waals surface area contributed by atoms with Gasteiger partial charge in [0.2, 0.25) is 0 Å². The van der Waals surface area contributed by atoms with Crippen molar-refractivity contribution in [2.24, 2.45) is 0 Å². The number of anilines is 1. The molecule has 0 aliphatic heterocycles. The van der Waals surface area contributed by atoms with Crippen LogP contribution >= 0.6 is 11.6 Å². The second-order valence-corrected chi connectivity index (χ2v) is 7.66. The second kappa shape index (κ2) is 7.97. The largest absolute Gasteiger partial charge is 0.321 e. The van der Waals surface area contributed by atoms with Gasteiger partial charge < -0.3 is 5.32 Å². The highest BCUT2D eigenvalue weighted by molar-refractivity contribution is 6.30. The number of nitrogens with zero attached hydrogens (tertiary/aromatic N) is 2. The van der Waals surface area contributed by atoms with E-state index in [4.69, 9.17) is 11.6 Å². The first-order valence-electron chi connectivity index (χ1n) is 9.11. The molecule has 0 spiro atoms. The molecule has 0 radical (unpaired) electrons. The predicted molar refractivity (Wildman–Crippen MR) is 111 cm³/mol. The molecule has 3 aromatic rings. The van der Waals surface area contributed by atoms with Gasteiger partial charge in [0.05, 0.1) is 17.4 Å². The molecule has 5 heteroatoms. The van der Waals surface area contributed by atoms with Crippen molar-refractivity contribution in [2.45, 2.75) is 39.5 Å². The van der Waals surface area contributed by atoms with Gasteiger partial charge in [0.15, 0.2) is 0 Å². The molecule has 0 saturated carbocycles. The number of nitrogens with one attached hydrogen (secondary N) is 1. The average Bonchev–Trinajstić information content (AvgIpc) is 3.11. The van der Waals surface area contributed by atoms with Crippen LogP contribution in [-0.4, -0.2) is 15.7 Å². The summed E-state index contributed by atoms with van der Waals surface area (Å²) in [5, 5.41) is 8.04. The number of carbonyl (C=O) groups excluding carboxylic acids is 1. The van der Waals surface area contributed by atoms with E-state index < -0.39 is 0 Å². The van der Waals surface area contributed by atoms with Gasteiger partial charge in [-0.2, -0.15) is 5.10 Å². The lowest BCUT2D eigenvalue weighted by molar-refractivity contribution is 0.102. The van der Waals surface area contributed by atoms with E-state index in [0.29, 0.717) is 22.4 Å². The second-order valence-electron chi connectivity index (χ2n) is 7.23. The Morgan fingerprint density at radius 1 is 1.04 bits per heavy atom. The number of hydrogen-bond acceptors (Lipinski definition) is 2. The van der Waals surface area contributed by atoms with Gasteiger partial charge in [0.1, 0.15) is 0 Å². The quantitative estimate of drug-likeness (QED) is 0.586. The maximum atomic E-state index is 12.9. The van der Waals surface area contributed by atoms with Crippen molar-refractivity contribution >= 4 is 23.2 Å². The Labute approximate surface area is 165 Å². The summed E-state index contributed by atoms with van der Waals surface area (Å²) in [5.74, 6) is 0.458. The minimum atomic E-state index is -0.168. The fourth-order valence-electron chi connectivity index (χ4n) is 3.08. The van der Waals surface area contributed by atoms with Crippen LogP contribution in [0.25, 0.3) is 5.69 Å². The molecule has 1 heterocycles. The fraction of sp³-hybridized carbons (Fsp3) is 0.273. The molecule has 0 aliphatic carbocycles. The van der Waals surface area contributed by atoms with E-state index >= 15 is 0 Å². The minimum Gasteiger partial charge on any atom is -0.321 e. The van der Waals surface area contributed by atoms with Crippen LogP contribution in [0.15, 0.2) is 54.9 Å². The average molecular weight is 382 g/mol. The van der Waals surface area contributed by atoms with Gasteiger partial charge in [-0.1, -0.05) is 63.6 Å². The smallest absolute Gasteiger partial charge is 0.258 e. The minimum absolute atomic E-state index is 0.168. The van der Waals surface area contributed by atoms with E-state index in [-0.39, 0.29) is 5.91 Å². The molecule has 4 nitrogen and oxygen atoms in total. The lowest BCUT2D eigenvalue weighted by atomic mass is 9.92. The fourth-order valence-corrected chi connectivity index (χ4v) is 3.27. The zero-order chi connectivity index (χ0) is 19.6. The summed E-state index contributed by atoms with van der Waals surface area (Å²) in [5.41, 5.74) is 4.49. The van der Waals surface area contributed by atoms with Gasteiger partial charge in [0.25, 0.3) is 5.91 Å². The Bertz CT molecular complexity index is 933. The third-order valence-electron chi connectivity index (χ3n) is 4.53. The van der Waals surface area contributed by atoms with Gasteiger partial charge >= 0.3 is 0 Å². The molecule has 0 atom stereocenters. The van der Waals surface area contributed by atoms with Crippen LogP contribution in [0.4, 0.5) is 5.69 Å². The van der Waals surface area contributed by atoms with E-state index in [2.05, 4.69) is 56.3 Å². The molecule has 27 heavy (non-hydrogen) atoms. The van der Waals surface area contributed by atoms with Gasteiger partial charge in [0, 0.05) is 16.9 Å². The van der Waals surface area contributed by atoms with Crippen LogP contribution in [-0.2, 0) is 0 Å². The Balaban J connectivity index is 1.91. The maximum Gasteiger partial charge on any atom is 0.258 e. The third kappa shape index (κ3) is 4.22. The summed E-state index contributed by atoms with van der Waals surface area (Å²) in [6, 6.07) is 13.6. The maximum absolute atomic E-state index is 12.9. The van der Waals surface area contributed by atoms with Crippen molar-refractivity contribution in [2.75, 3.05) is 5.32 Å². The van der Waals surface area contributed by atoms with Crippen molar-refractivity contribution in [1.29, 1.82) is 0 Å². The highest BCUT2D eigenvalue weighted by atomic mass is 35.5. The van der Waals surface area contributed by atoms with E-state index in [9.17, 15) is 4.79 Å². The molecular weight excluding hydrogens is 358 g/mol. The summed E-state index contributed by atoms with van der Waals surface area (Å²) in [7, 11) is 0. The first-order chi connectivity index (χ1) is 12.9. The molecular formula is C22H24ClN3O. The van der Waals surface area contributed by atoms with Crippen LogP contribution in [0.1, 0.15) is 61.0 Å². The molecule has 3 rings (SSSR count). The van der Waals surface area contributed by atoms with Crippen molar-refractivity contribution in [3.63, 3.8) is 0 Å². The molecule has 1 N–H and O–H groups in total. The lowest BCUT2D eigenvalue weighted by Crippen LogP contribution is -2.15. The van der Waals surface area contributed by atoms with Crippen molar-refractivity contribution in [1.82, 2.24) is 9.78 Å². The van der Waals surface area contributed by atoms with E-state index in [1.165, 1.54) is 0 Å². The Kier molecular flexibility index (Phi) is 5.66. The van der Waals surface area contributed by atoms with E-state index in [1.807, 2.05) is 12.1 Å². The number of para-hydroxylation sites is 1. The first-order valence-corrected chi connectivity index (χ1v) is 9.49. The zero-order valence-electron chi connectivity index (χ0n) is 16.0. The predicted octanol–water partition coefficient (Wildman–Crippen LogP) is 6.02. The molecule has 0 bridgehead atoms. The number of carbonyl (C=O) groups is 1. The van der Waals surface area contributed by atoms with Crippen molar-refractivity contribution in [3.05, 3.63) is 76.6 Å². The first kappa shape index (κ1) is 19.2. The standard InChI is InChI=1S/C22H24ClN3O/c1-14(2)19-9-6-10-20(15(3)4)21(19)25-22(27)16-12-24-26(13-16)18-8-5-7-17(23)11-18/h5-15H,1-4H3,(H,25,27). The number of halogens is 1. The molecule has 2 aromatic carbocycles. The molecule has 1 aromatic heterocycles. The molecule has 1 amide bonds. The number of benzene rings is 2. The van der Waals surface area contributed by atoms with Crippen molar-refractivity contribution in [3.8, 4) is 5.69 Å². The van der Waals surface area contributed by atoms with Gasteiger partial charge in [-0.15, -0.1) is 0 Å². The number of aromatic nitrogens is 2. The highest BCUT2D eigenvalue weighted by Crippen LogP contribution is 2.32. The van der Waals surface area contributed by atoms with Crippen LogP contribution in [0, 0.1) is 0 Å². The number of rotatable bonds is 5. The molecule has 0 aliphatic rings. The SMILES string of the molecule is CC(C)c1cccc(C(C)C)c1NC(=O)c1cnn(-c2cccc(Cl)c2)c1.